The molecule has 0 amide bonds. The van der Waals surface area contributed by atoms with Crippen LogP contribution in [-0.4, -0.2) is 28.8 Å². The lowest BCUT2D eigenvalue weighted by atomic mass is 10.0. The molecule has 0 atom stereocenters. The van der Waals surface area contributed by atoms with Crippen LogP contribution in [0.15, 0.2) is 24.3 Å². The van der Waals surface area contributed by atoms with Gasteiger partial charge in [-0.05, 0) is 45.4 Å². The Morgan fingerprint density at radius 3 is 2.72 bits per heavy atom. The van der Waals surface area contributed by atoms with Crippen LogP contribution in [0.5, 0.6) is 0 Å². The van der Waals surface area contributed by atoms with E-state index in [-0.39, 0.29) is 12.1 Å². The van der Waals surface area contributed by atoms with E-state index >= 15 is 0 Å². The first-order chi connectivity index (χ1) is 8.53. The van der Waals surface area contributed by atoms with Gasteiger partial charge >= 0.3 is 0 Å². The normalized spacial score (nSPS) is 12.2. The second-order valence-electron chi connectivity index (χ2n) is 5.49. The number of aliphatic hydroxyl groups excluding tert-OH is 1. The molecule has 3 nitrogen and oxygen atoms in total. The maximum atomic E-state index is 9.21. The Bertz CT molecular complexity index is 528. The van der Waals surface area contributed by atoms with Gasteiger partial charge in [0.05, 0.1) is 6.61 Å². The molecule has 1 aromatic heterocycles. The van der Waals surface area contributed by atoms with E-state index in [0.29, 0.717) is 0 Å². The van der Waals surface area contributed by atoms with Crippen LogP contribution in [0, 0.1) is 6.92 Å². The lowest BCUT2D eigenvalue weighted by Crippen LogP contribution is -2.43. The fourth-order valence-corrected chi connectivity index (χ4v) is 2.24. The maximum absolute atomic E-state index is 9.21. The molecule has 18 heavy (non-hydrogen) atoms. The smallest absolute Gasteiger partial charge is 0.0607 e. The van der Waals surface area contributed by atoms with Gasteiger partial charge in [0.2, 0.25) is 0 Å². The molecule has 3 N–H and O–H groups in total. The summed E-state index contributed by atoms with van der Waals surface area (Å²) in [7, 11) is 0. The molecule has 98 valence electrons. The summed E-state index contributed by atoms with van der Waals surface area (Å²) >= 11 is 0. The van der Waals surface area contributed by atoms with Gasteiger partial charge in [-0.15, -0.1) is 0 Å². The molecule has 0 fully saturated rings. The fraction of sp³-hybridized carbons (Fsp3) is 0.467. The van der Waals surface area contributed by atoms with Crippen molar-refractivity contribution >= 4 is 10.9 Å². The Labute approximate surface area is 108 Å². The molecule has 3 heteroatoms. The standard InChI is InChI=1S/C15H22N2O/c1-11-12(8-9-16-15(2,3)10-18)13-6-4-5-7-14(13)17-11/h4-7,16-18H,8-10H2,1-3H3. The minimum absolute atomic E-state index is 0.153. The Kier molecular flexibility index (Phi) is 3.73. The highest BCUT2D eigenvalue weighted by molar-refractivity contribution is 5.84. The average Bonchev–Trinajstić information content (AvgIpc) is 2.66. The summed E-state index contributed by atoms with van der Waals surface area (Å²) in [4.78, 5) is 3.41. The molecule has 1 aromatic carbocycles. The third-order valence-electron chi connectivity index (χ3n) is 3.40. The van der Waals surface area contributed by atoms with Gasteiger partial charge < -0.3 is 15.4 Å². The summed E-state index contributed by atoms with van der Waals surface area (Å²) < 4.78 is 0. The lowest BCUT2D eigenvalue weighted by molar-refractivity contribution is 0.189. The summed E-state index contributed by atoms with van der Waals surface area (Å²) in [6, 6.07) is 8.39. The molecular weight excluding hydrogens is 224 g/mol. The number of hydrogen-bond donors (Lipinski definition) is 3. The van der Waals surface area contributed by atoms with Crippen molar-refractivity contribution in [2.75, 3.05) is 13.2 Å². The molecule has 0 aliphatic rings. The van der Waals surface area contributed by atoms with Crippen LogP contribution in [-0.2, 0) is 6.42 Å². The molecule has 0 bridgehead atoms. The summed E-state index contributed by atoms with van der Waals surface area (Å²) in [5.41, 5.74) is 3.60. The average molecular weight is 246 g/mol. The summed E-state index contributed by atoms with van der Waals surface area (Å²) in [5.74, 6) is 0. The number of para-hydroxylation sites is 1. The molecular formula is C15H22N2O. The van der Waals surface area contributed by atoms with E-state index < -0.39 is 0 Å². The fourth-order valence-electron chi connectivity index (χ4n) is 2.24. The molecule has 0 aliphatic heterocycles. The number of H-pyrrole nitrogens is 1. The van der Waals surface area contributed by atoms with Gasteiger partial charge in [-0.25, -0.2) is 0 Å². The van der Waals surface area contributed by atoms with Gasteiger partial charge in [0, 0.05) is 22.1 Å². The highest BCUT2D eigenvalue weighted by atomic mass is 16.3. The van der Waals surface area contributed by atoms with Crippen molar-refractivity contribution in [3.8, 4) is 0 Å². The van der Waals surface area contributed by atoms with Crippen molar-refractivity contribution in [3.05, 3.63) is 35.5 Å². The minimum Gasteiger partial charge on any atom is -0.394 e. The zero-order valence-electron chi connectivity index (χ0n) is 11.4. The number of aromatic nitrogens is 1. The van der Waals surface area contributed by atoms with Crippen LogP contribution in [0.25, 0.3) is 10.9 Å². The molecule has 0 saturated carbocycles. The Morgan fingerprint density at radius 2 is 2.00 bits per heavy atom. The van der Waals surface area contributed by atoms with Gasteiger partial charge in [0.15, 0.2) is 0 Å². The SMILES string of the molecule is Cc1[nH]c2ccccc2c1CCNC(C)(C)CO. The van der Waals surface area contributed by atoms with Gasteiger partial charge in [-0.1, -0.05) is 18.2 Å². The van der Waals surface area contributed by atoms with Crippen LogP contribution < -0.4 is 5.32 Å². The van der Waals surface area contributed by atoms with Crippen molar-refractivity contribution in [3.63, 3.8) is 0 Å². The molecule has 0 unspecified atom stereocenters. The number of fused-ring (bicyclic) bond motifs is 1. The van der Waals surface area contributed by atoms with E-state index in [1.807, 2.05) is 13.8 Å². The highest BCUT2D eigenvalue weighted by Crippen LogP contribution is 2.22. The van der Waals surface area contributed by atoms with Crippen molar-refractivity contribution in [2.45, 2.75) is 32.7 Å². The van der Waals surface area contributed by atoms with Crippen LogP contribution in [0.2, 0.25) is 0 Å². The van der Waals surface area contributed by atoms with Gasteiger partial charge in [-0.2, -0.15) is 0 Å². The van der Waals surface area contributed by atoms with E-state index in [9.17, 15) is 5.11 Å². The number of rotatable bonds is 5. The molecule has 0 spiro atoms. The molecule has 0 aliphatic carbocycles. The topological polar surface area (TPSA) is 48.0 Å². The number of aromatic amines is 1. The largest absolute Gasteiger partial charge is 0.394 e. The van der Waals surface area contributed by atoms with E-state index in [1.165, 1.54) is 22.2 Å². The first-order valence-corrected chi connectivity index (χ1v) is 6.45. The minimum atomic E-state index is -0.208. The van der Waals surface area contributed by atoms with E-state index in [4.69, 9.17) is 0 Å². The van der Waals surface area contributed by atoms with E-state index in [0.717, 1.165) is 13.0 Å². The molecule has 0 radical (unpaired) electrons. The quantitative estimate of drug-likeness (QED) is 0.758. The second kappa shape index (κ2) is 5.12. The first kappa shape index (κ1) is 13.1. The maximum Gasteiger partial charge on any atom is 0.0607 e. The third-order valence-corrected chi connectivity index (χ3v) is 3.40. The van der Waals surface area contributed by atoms with Gasteiger partial charge in [0.1, 0.15) is 0 Å². The Balaban J connectivity index is 2.10. The number of aryl methyl sites for hydroxylation is 1. The summed E-state index contributed by atoms with van der Waals surface area (Å²) in [6.45, 7) is 7.16. The van der Waals surface area contributed by atoms with Crippen LogP contribution in [0.3, 0.4) is 0 Å². The predicted molar refractivity (Wildman–Crippen MR) is 75.9 cm³/mol. The Morgan fingerprint density at radius 1 is 1.28 bits per heavy atom. The van der Waals surface area contributed by atoms with Crippen LogP contribution in [0.4, 0.5) is 0 Å². The monoisotopic (exact) mass is 246 g/mol. The van der Waals surface area contributed by atoms with Crippen molar-refractivity contribution in [1.82, 2.24) is 10.3 Å². The number of hydrogen-bond acceptors (Lipinski definition) is 2. The number of nitrogens with one attached hydrogen (secondary N) is 2. The first-order valence-electron chi connectivity index (χ1n) is 6.45. The van der Waals surface area contributed by atoms with E-state index in [2.05, 4.69) is 41.5 Å². The Hall–Kier alpha value is -1.32. The molecule has 2 rings (SSSR count). The lowest BCUT2D eigenvalue weighted by Gasteiger charge is -2.23. The second-order valence-corrected chi connectivity index (χ2v) is 5.49. The van der Waals surface area contributed by atoms with Crippen LogP contribution in [0.1, 0.15) is 25.1 Å². The number of benzene rings is 1. The molecule has 2 aromatic rings. The summed E-state index contributed by atoms with van der Waals surface area (Å²) in [6.07, 6.45) is 0.972. The van der Waals surface area contributed by atoms with Crippen molar-refractivity contribution in [2.24, 2.45) is 0 Å². The third kappa shape index (κ3) is 2.74. The zero-order valence-corrected chi connectivity index (χ0v) is 11.4. The molecule has 1 heterocycles. The van der Waals surface area contributed by atoms with Crippen LogP contribution >= 0.6 is 0 Å². The number of aliphatic hydroxyl groups is 1. The predicted octanol–water partition coefficient (Wildman–Crippen LogP) is 2.38. The molecule has 0 saturated heterocycles. The van der Waals surface area contributed by atoms with Crippen molar-refractivity contribution in [1.29, 1.82) is 0 Å². The van der Waals surface area contributed by atoms with Crippen molar-refractivity contribution < 1.29 is 5.11 Å². The summed E-state index contributed by atoms with van der Waals surface area (Å²) in [5, 5.41) is 13.9. The highest BCUT2D eigenvalue weighted by Gasteiger charge is 2.15. The van der Waals surface area contributed by atoms with E-state index in [1.54, 1.807) is 0 Å². The van der Waals surface area contributed by atoms with Gasteiger partial charge in [-0.3, -0.25) is 0 Å². The zero-order chi connectivity index (χ0) is 13.2. The van der Waals surface area contributed by atoms with Gasteiger partial charge in [0.25, 0.3) is 0 Å².